The van der Waals surface area contributed by atoms with Crippen molar-refractivity contribution in [1.29, 1.82) is 0 Å². The molecule has 1 aromatic carbocycles. The van der Waals surface area contributed by atoms with E-state index >= 15 is 0 Å². The number of aromatic nitrogens is 3. The van der Waals surface area contributed by atoms with Crippen LogP contribution in [0.5, 0.6) is 0 Å². The first-order valence-corrected chi connectivity index (χ1v) is 9.33. The maximum atomic E-state index is 12.4. The predicted octanol–water partition coefficient (Wildman–Crippen LogP) is 3.02. The highest BCUT2D eigenvalue weighted by Crippen LogP contribution is 2.37. The van der Waals surface area contributed by atoms with Gasteiger partial charge in [-0.25, -0.2) is 0 Å². The average Bonchev–Trinajstić information content (AvgIpc) is 3.34. The van der Waals surface area contributed by atoms with Crippen LogP contribution in [0.15, 0.2) is 45.3 Å². The minimum absolute atomic E-state index is 0.00869. The monoisotopic (exact) mass is 396 g/mol. The van der Waals surface area contributed by atoms with Crippen LogP contribution in [0.1, 0.15) is 61.0 Å². The SMILES string of the molecule is CC(=O)O[C@H](C)c1nnc(C2CC(NC(=O)c3cc(-c4ccccc4)on3)C2)o1. The number of benzene rings is 1. The van der Waals surface area contributed by atoms with Gasteiger partial charge in [0.15, 0.2) is 17.6 Å². The Balaban J connectivity index is 1.30. The van der Waals surface area contributed by atoms with Gasteiger partial charge in [0.05, 0.1) is 0 Å². The van der Waals surface area contributed by atoms with Crippen molar-refractivity contribution < 1.29 is 23.3 Å². The van der Waals surface area contributed by atoms with Gasteiger partial charge in [0.2, 0.25) is 5.89 Å². The van der Waals surface area contributed by atoms with Gasteiger partial charge in [-0.05, 0) is 19.8 Å². The molecule has 150 valence electrons. The molecule has 3 aromatic rings. The molecule has 1 fully saturated rings. The van der Waals surface area contributed by atoms with Crippen LogP contribution in [-0.2, 0) is 9.53 Å². The Hall–Kier alpha value is -3.49. The molecule has 0 radical (unpaired) electrons. The summed E-state index contributed by atoms with van der Waals surface area (Å²) in [5, 5.41) is 14.8. The molecule has 9 heteroatoms. The maximum absolute atomic E-state index is 12.4. The molecule has 1 saturated carbocycles. The molecule has 0 aliphatic heterocycles. The van der Waals surface area contributed by atoms with Gasteiger partial charge in [0.25, 0.3) is 11.8 Å². The Morgan fingerprint density at radius 3 is 2.69 bits per heavy atom. The van der Waals surface area contributed by atoms with E-state index in [-0.39, 0.29) is 29.5 Å². The number of rotatable bonds is 6. The van der Waals surface area contributed by atoms with Gasteiger partial charge in [0, 0.05) is 30.5 Å². The first kappa shape index (κ1) is 18.9. The summed E-state index contributed by atoms with van der Waals surface area (Å²) < 4.78 is 15.9. The molecule has 1 N–H and O–H groups in total. The lowest BCUT2D eigenvalue weighted by Crippen LogP contribution is -2.43. The van der Waals surface area contributed by atoms with E-state index in [0.717, 1.165) is 5.56 Å². The van der Waals surface area contributed by atoms with Crippen LogP contribution in [-0.4, -0.2) is 33.3 Å². The van der Waals surface area contributed by atoms with E-state index in [1.807, 2.05) is 30.3 Å². The number of amides is 1. The van der Waals surface area contributed by atoms with Gasteiger partial charge in [0.1, 0.15) is 0 Å². The second-order valence-corrected chi connectivity index (χ2v) is 7.01. The summed E-state index contributed by atoms with van der Waals surface area (Å²) in [4.78, 5) is 23.4. The molecule has 1 amide bonds. The molecule has 0 bridgehead atoms. The molecule has 29 heavy (non-hydrogen) atoms. The first-order chi connectivity index (χ1) is 14.0. The lowest BCUT2D eigenvalue weighted by atomic mass is 9.80. The second-order valence-electron chi connectivity index (χ2n) is 7.01. The fourth-order valence-corrected chi connectivity index (χ4v) is 3.19. The average molecular weight is 396 g/mol. The third-order valence-electron chi connectivity index (χ3n) is 4.77. The zero-order chi connectivity index (χ0) is 20.4. The summed E-state index contributed by atoms with van der Waals surface area (Å²) in [5.74, 6) is 0.655. The van der Waals surface area contributed by atoms with Gasteiger partial charge < -0.3 is 19.0 Å². The standard InChI is InChI=1S/C20H20N4O5/c1-11(27-12(2)25)19-22-23-20(28-19)14-8-15(9-14)21-18(26)16-10-17(29-24-16)13-6-4-3-5-7-13/h3-7,10-11,14-15H,8-9H2,1-2H3,(H,21,26)/t11-,14?,15?/m1/s1. The van der Waals surface area contributed by atoms with E-state index in [0.29, 0.717) is 24.5 Å². The summed E-state index contributed by atoms with van der Waals surface area (Å²) in [6, 6.07) is 11.1. The highest BCUT2D eigenvalue weighted by molar-refractivity contribution is 5.93. The van der Waals surface area contributed by atoms with Crippen molar-refractivity contribution in [3.8, 4) is 11.3 Å². The largest absolute Gasteiger partial charge is 0.453 e. The third kappa shape index (κ3) is 4.18. The van der Waals surface area contributed by atoms with E-state index < -0.39 is 12.1 Å². The van der Waals surface area contributed by atoms with E-state index in [1.165, 1.54) is 6.92 Å². The van der Waals surface area contributed by atoms with Gasteiger partial charge >= 0.3 is 5.97 Å². The van der Waals surface area contributed by atoms with Crippen LogP contribution < -0.4 is 5.32 Å². The lowest BCUT2D eigenvalue weighted by Gasteiger charge is -2.33. The Labute approximate surface area is 166 Å². The molecule has 9 nitrogen and oxygen atoms in total. The lowest BCUT2D eigenvalue weighted by molar-refractivity contribution is -0.146. The van der Waals surface area contributed by atoms with Crippen molar-refractivity contribution in [2.75, 3.05) is 0 Å². The summed E-state index contributed by atoms with van der Waals surface area (Å²) in [5.41, 5.74) is 1.10. The van der Waals surface area contributed by atoms with Crippen molar-refractivity contribution in [1.82, 2.24) is 20.7 Å². The minimum atomic E-state index is -0.588. The van der Waals surface area contributed by atoms with E-state index in [2.05, 4.69) is 20.7 Å². The summed E-state index contributed by atoms with van der Waals surface area (Å²) in [6.07, 6.45) is 0.771. The topological polar surface area (TPSA) is 120 Å². The predicted molar refractivity (Wildman–Crippen MR) is 99.6 cm³/mol. The minimum Gasteiger partial charge on any atom is -0.453 e. The van der Waals surface area contributed by atoms with E-state index in [9.17, 15) is 9.59 Å². The summed E-state index contributed by atoms with van der Waals surface area (Å²) in [7, 11) is 0. The van der Waals surface area contributed by atoms with Crippen LogP contribution in [0.25, 0.3) is 11.3 Å². The number of nitrogens with one attached hydrogen (secondary N) is 1. The van der Waals surface area contributed by atoms with Crippen molar-refractivity contribution in [3.63, 3.8) is 0 Å². The second kappa shape index (κ2) is 7.86. The molecule has 1 aliphatic carbocycles. The molecule has 4 rings (SSSR count). The van der Waals surface area contributed by atoms with Crippen LogP contribution in [0.2, 0.25) is 0 Å². The third-order valence-corrected chi connectivity index (χ3v) is 4.77. The number of nitrogens with zero attached hydrogens (tertiary/aromatic N) is 3. The van der Waals surface area contributed by atoms with Crippen LogP contribution in [0, 0.1) is 0 Å². The van der Waals surface area contributed by atoms with Crippen LogP contribution in [0.4, 0.5) is 0 Å². The zero-order valence-corrected chi connectivity index (χ0v) is 16.0. The molecular formula is C20H20N4O5. The number of esters is 1. The number of carbonyl (C=O) groups is 2. The highest BCUT2D eigenvalue weighted by atomic mass is 16.6. The number of hydrogen-bond acceptors (Lipinski definition) is 8. The van der Waals surface area contributed by atoms with Crippen molar-refractivity contribution >= 4 is 11.9 Å². The molecule has 2 heterocycles. The number of carbonyl (C=O) groups excluding carboxylic acids is 2. The summed E-state index contributed by atoms with van der Waals surface area (Å²) in [6.45, 7) is 2.99. The smallest absolute Gasteiger partial charge is 0.303 e. The van der Waals surface area contributed by atoms with Crippen LogP contribution in [0.3, 0.4) is 0 Å². The Morgan fingerprint density at radius 1 is 1.21 bits per heavy atom. The molecule has 1 atom stereocenters. The molecule has 2 aromatic heterocycles. The Bertz CT molecular complexity index is 1010. The number of ether oxygens (including phenoxy) is 1. The van der Waals surface area contributed by atoms with E-state index in [4.69, 9.17) is 13.7 Å². The highest BCUT2D eigenvalue weighted by Gasteiger charge is 2.36. The quantitative estimate of drug-likeness (QED) is 0.631. The summed E-state index contributed by atoms with van der Waals surface area (Å²) >= 11 is 0. The van der Waals surface area contributed by atoms with Gasteiger partial charge in [-0.15, -0.1) is 10.2 Å². The molecular weight excluding hydrogens is 376 g/mol. The maximum Gasteiger partial charge on any atom is 0.303 e. The van der Waals surface area contributed by atoms with Gasteiger partial charge in [-0.3, -0.25) is 9.59 Å². The van der Waals surface area contributed by atoms with E-state index in [1.54, 1.807) is 13.0 Å². The zero-order valence-electron chi connectivity index (χ0n) is 16.0. The van der Waals surface area contributed by atoms with Crippen molar-refractivity contribution in [3.05, 3.63) is 53.9 Å². The number of hydrogen-bond donors (Lipinski definition) is 1. The molecule has 0 saturated heterocycles. The van der Waals surface area contributed by atoms with Gasteiger partial charge in [-0.1, -0.05) is 35.5 Å². The molecule has 0 unspecified atom stereocenters. The first-order valence-electron chi connectivity index (χ1n) is 9.33. The van der Waals surface area contributed by atoms with Gasteiger partial charge in [-0.2, -0.15) is 0 Å². The molecule has 0 spiro atoms. The molecule has 1 aliphatic rings. The Kier molecular flexibility index (Phi) is 5.11. The fourth-order valence-electron chi connectivity index (χ4n) is 3.19. The van der Waals surface area contributed by atoms with Crippen molar-refractivity contribution in [2.45, 2.75) is 44.8 Å². The van der Waals surface area contributed by atoms with Crippen LogP contribution >= 0.6 is 0 Å². The Morgan fingerprint density at radius 2 is 1.97 bits per heavy atom. The van der Waals surface area contributed by atoms with Crippen molar-refractivity contribution in [2.24, 2.45) is 0 Å². The fraction of sp³-hybridized carbons (Fsp3) is 0.350. The normalized spacial score (nSPS) is 19.2.